The molecule has 6 nitrogen and oxygen atoms in total. The van der Waals surface area contributed by atoms with E-state index in [1.807, 2.05) is 6.07 Å². The Hall–Kier alpha value is -1.91. The first-order valence-corrected chi connectivity index (χ1v) is 8.60. The Kier molecular flexibility index (Phi) is 5.16. The molecule has 0 bridgehead atoms. The summed E-state index contributed by atoms with van der Waals surface area (Å²) in [6.07, 6.45) is 0.875. The molecule has 1 aromatic rings. The van der Waals surface area contributed by atoms with Gasteiger partial charge in [0, 0.05) is 13.1 Å². The molecule has 1 aromatic carbocycles. The molecular weight excluding hydrogens is 304 g/mol. The maximum absolute atomic E-state index is 12.6. The molecule has 0 amide bonds. The molecular formula is C15H18N2O4S. The summed E-state index contributed by atoms with van der Waals surface area (Å²) in [4.78, 5) is 11.7. The molecule has 0 aliphatic carbocycles. The fourth-order valence-corrected chi connectivity index (χ4v) is 4.13. The van der Waals surface area contributed by atoms with E-state index in [4.69, 9.17) is 10.00 Å². The molecule has 0 spiro atoms. The van der Waals surface area contributed by atoms with Gasteiger partial charge in [0.1, 0.15) is 6.07 Å². The molecule has 118 valence electrons. The van der Waals surface area contributed by atoms with Crippen LogP contribution in [0.3, 0.4) is 0 Å². The van der Waals surface area contributed by atoms with Crippen molar-refractivity contribution in [3.8, 4) is 6.07 Å². The van der Waals surface area contributed by atoms with Crippen LogP contribution in [0.25, 0.3) is 0 Å². The van der Waals surface area contributed by atoms with E-state index in [1.165, 1.54) is 16.4 Å². The average Bonchev–Trinajstić information content (AvgIpc) is 2.55. The summed E-state index contributed by atoms with van der Waals surface area (Å²) in [5.41, 5.74) is 0.134. The van der Waals surface area contributed by atoms with Gasteiger partial charge in [0.05, 0.1) is 23.0 Å². The minimum atomic E-state index is -3.71. The molecule has 1 fully saturated rings. The smallest absolute Gasteiger partial charge is 0.309 e. The largest absolute Gasteiger partial charge is 0.466 e. The lowest BCUT2D eigenvalue weighted by molar-refractivity contribution is -0.149. The topological polar surface area (TPSA) is 87.5 Å². The predicted octanol–water partition coefficient (Wildman–Crippen LogP) is 1.52. The zero-order valence-electron chi connectivity index (χ0n) is 12.4. The number of piperidine rings is 1. The standard InChI is InChI=1S/C15H18N2O4S/c1-2-21-15(18)12-7-9-17(10-8-12)22(19,20)14-6-4-3-5-13(14)11-16/h3-6,12H,2,7-10H2,1H3. The van der Waals surface area contributed by atoms with E-state index in [0.717, 1.165) is 0 Å². The summed E-state index contributed by atoms with van der Waals surface area (Å²) in [5, 5.41) is 9.06. The average molecular weight is 322 g/mol. The highest BCUT2D eigenvalue weighted by atomic mass is 32.2. The Labute approximate surface area is 130 Å². The van der Waals surface area contributed by atoms with E-state index in [1.54, 1.807) is 19.1 Å². The summed E-state index contributed by atoms with van der Waals surface area (Å²) in [7, 11) is -3.71. The minimum absolute atomic E-state index is 0.0204. The maximum Gasteiger partial charge on any atom is 0.309 e. The Balaban J connectivity index is 2.13. The molecule has 0 unspecified atom stereocenters. The molecule has 22 heavy (non-hydrogen) atoms. The molecule has 1 saturated heterocycles. The number of hydrogen-bond donors (Lipinski definition) is 0. The van der Waals surface area contributed by atoms with Crippen molar-refractivity contribution in [2.75, 3.05) is 19.7 Å². The van der Waals surface area contributed by atoms with Crippen molar-refractivity contribution in [3.63, 3.8) is 0 Å². The van der Waals surface area contributed by atoms with Crippen LogP contribution >= 0.6 is 0 Å². The van der Waals surface area contributed by atoms with Crippen LogP contribution in [0, 0.1) is 17.2 Å². The van der Waals surface area contributed by atoms with Gasteiger partial charge in [-0.05, 0) is 31.9 Å². The number of sulfonamides is 1. The molecule has 1 aliphatic rings. The molecule has 1 heterocycles. The van der Waals surface area contributed by atoms with Crippen molar-refractivity contribution in [1.29, 1.82) is 5.26 Å². The number of esters is 1. The van der Waals surface area contributed by atoms with Gasteiger partial charge in [0.25, 0.3) is 0 Å². The molecule has 0 radical (unpaired) electrons. The van der Waals surface area contributed by atoms with Crippen molar-refractivity contribution >= 4 is 16.0 Å². The lowest BCUT2D eigenvalue weighted by atomic mass is 9.98. The van der Waals surface area contributed by atoms with Crippen LogP contribution in [0.1, 0.15) is 25.3 Å². The molecule has 0 aromatic heterocycles. The van der Waals surface area contributed by atoms with Crippen LogP contribution in [0.15, 0.2) is 29.2 Å². The summed E-state index contributed by atoms with van der Waals surface area (Å²) >= 11 is 0. The van der Waals surface area contributed by atoms with Crippen molar-refractivity contribution < 1.29 is 17.9 Å². The Bertz CT molecular complexity index is 686. The first-order chi connectivity index (χ1) is 10.5. The first-order valence-electron chi connectivity index (χ1n) is 7.16. The highest BCUT2D eigenvalue weighted by molar-refractivity contribution is 7.89. The van der Waals surface area contributed by atoms with Crippen LogP contribution in [0.4, 0.5) is 0 Å². The third kappa shape index (κ3) is 3.29. The van der Waals surface area contributed by atoms with Gasteiger partial charge in [0.2, 0.25) is 10.0 Å². The number of nitrogens with zero attached hydrogens (tertiary/aromatic N) is 2. The molecule has 1 aliphatic heterocycles. The third-order valence-corrected chi connectivity index (χ3v) is 5.66. The number of ether oxygens (including phenoxy) is 1. The predicted molar refractivity (Wildman–Crippen MR) is 79.3 cm³/mol. The number of hydrogen-bond acceptors (Lipinski definition) is 5. The SMILES string of the molecule is CCOC(=O)C1CCN(S(=O)(=O)c2ccccc2C#N)CC1. The van der Waals surface area contributed by atoms with Gasteiger partial charge < -0.3 is 4.74 Å². The van der Waals surface area contributed by atoms with Gasteiger partial charge >= 0.3 is 5.97 Å². The fraction of sp³-hybridized carbons (Fsp3) is 0.467. The number of rotatable bonds is 4. The molecule has 0 saturated carbocycles. The van der Waals surface area contributed by atoms with Gasteiger partial charge in [-0.25, -0.2) is 8.42 Å². The molecule has 7 heteroatoms. The Morgan fingerprint density at radius 2 is 2.00 bits per heavy atom. The Morgan fingerprint density at radius 3 is 2.59 bits per heavy atom. The number of carbonyl (C=O) groups is 1. The minimum Gasteiger partial charge on any atom is -0.466 e. The van der Waals surface area contributed by atoms with Crippen molar-refractivity contribution in [3.05, 3.63) is 29.8 Å². The lowest BCUT2D eigenvalue weighted by Crippen LogP contribution is -2.40. The quantitative estimate of drug-likeness (QED) is 0.784. The van der Waals surface area contributed by atoms with Crippen LogP contribution in [-0.4, -0.2) is 38.4 Å². The summed E-state index contributed by atoms with van der Waals surface area (Å²) in [6.45, 7) is 2.58. The van der Waals surface area contributed by atoms with E-state index in [9.17, 15) is 13.2 Å². The van der Waals surface area contributed by atoms with Gasteiger partial charge in [0.15, 0.2) is 0 Å². The maximum atomic E-state index is 12.6. The fourth-order valence-electron chi connectivity index (χ4n) is 2.52. The highest BCUT2D eigenvalue weighted by Gasteiger charge is 2.33. The zero-order valence-corrected chi connectivity index (χ0v) is 13.2. The van der Waals surface area contributed by atoms with E-state index < -0.39 is 10.0 Å². The summed E-state index contributed by atoms with van der Waals surface area (Å²) in [5.74, 6) is -0.519. The Morgan fingerprint density at radius 1 is 1.36 bits per heavy atom. The van der Waals surface area contributed by atoms with Crippen molar-refractivity contribution in [2.24, 2.45) is 5.92 Å². The summed E-state index contributed by atoms with van der Waals surface area (Å²) in [6, 6.07) is 8.05. The van der Waals surface area contributed by atoms with E-state index in [-0.39, 0.29) is 35.4 Å². The van der Waals surface area contributed by atoms with Gasteiger partial charge in [-0.1, -0.05) is 12.1 Å². The molecule has 0 N–H and O–H groups in total. The van der Waals surface area contributed by atoms with E-state index in [2.05, 4.69) is 0 Å². The second-order valence-electron chi connectivity index (χ2n) is 5.04. The van der Waals surface area contributed by atoms with Crippen LogP contribution in [0.2, 0.25) is 0 Å². The highest BCUT2D eigenvalue weighted by Crippen LogP contribution is 2.26. The van der Waals surface area contributed by atoms with Gasteiger partial charge in [-0.2, -0.15) is 9.57 Å². The van der Waals surface area contributed by atoms with Gasteiger partial charge in [-0.3, -0.25) is 4.79 Å². The second kappa shape index (κ2) is 6.90. The van der Waals surface area contributed by atoms with Crippen LogP contribution < -0.4 is 0 Å². The van der Waals surface area contributed by atoms with Gasteiger partial charge in [-0.15, -0.1) is 0 Å². The molecule has 2 rings (SSSR count). The number of nitriles is 1. The first kappa shape index (κ1) is 16.5. The van der Waals surface area contributed by atoms with E-state index >= 15 is 0 Å². The third-order valence-electron chi connectivity index (χ3n) is 3.70. The van der Waals surface area contributed by atoms with Crippen LogP contribution in [0.5, 0.6) is 0 Å². The van der Waals surface area contributed by atoms with Crippen molar-refractivity contribution in [1.82, 2.24) is 4.31 Å². The van der Waals surface area contributed by atoms with Crippen molar-refractivity contribution in [2.45, 2.75) is 24.7 Å². The molecule has 0 atom stereocenters. The zero-order chi connectivity index (χ0) is 16.2. The lowest BCUT2D eigenvalue weighted by Gasteiger charge is -2.30. The van der Waals surface area contributed by atoms with Crippen LogP contribution in [-0.2, 0) is 19.6 Å². The second-order valence-corrected chi connectivity index (χ2v) is 6.94. The number of carbonyl (C=O) groups excluding carboxylic acids is 1. The number of benzene rings is 1. The normalized spacial score (nSPS) is 16.9. The summed E-state index contributed by atoms with van der Waals surface area (Å²) < 4.78 is 31.6. The monoisotopic (exact) mass is 322 g/mol. The van der Waals surface area contributed by atoms with E-state index in [0.29, 0.717) is 19.4 Å².